The smallest absolute Gasteiger partial charge is 0.133 e. The van der Waals surface area contributed by atoms with Gasteiger partial charge < -0.3 is 0 Å². The van der Waals surface area contributed by atoms with Crippen LogP contribution in [0.3, 0.4) is 0 Å². The molecular weight excluding hydrogens is 208 g/mol. The summed E-state index contributed by atoms with van der Waals surface area (Å²) in [5.74, 6) is 1.19. The highest BCUT2D eigenvalue weighted by Crippen LogP contribution is 2.20. The molecule has 0 spiro atoms. The van der Waals surface area contributed by atoms with E-state index in [1.165, 1.54) is 51.4 Å². The third-order valence-electron chi connectivity index (χ3n) is 3.70. The molecule has 0 aromatic rings. The summed E-state index contributed by atoms with van der Waals surface area (Å²) in [7, 11) is 0. The van der Waals surface area contributed by atoms with Crippen LogP contribution in [0.5, 0.6) is 0 Å². The van der Waals surface area contributed by atoms with Crippen LogP contribution in [-0.4, -0.2) is 5.78 Å². The van der Waals surface area contributed by atoms with Crippen molar-refractivity contribution < 1.29 is 4.79 Å². The Labute approximate surface area is 108 Å². The minimum Gasteiger partial charge on any atom is -0.300 e. The Morgan fingerprint density at radius 2 is 1.35 bits per heavy atom. The van der Waals surface area contributed by atoms with Gasteiger partial charge in [0, 0.05) is 5.92 Å². The zero-order valence-corrected chi connectivity index (χ0v) is 12.4. The SMILES string of the molecule is CCCCCCCCCCC(C(C)=O)C(C)C. The molecule has 1 nitrogen and oxygen atoms in total. The molecule has 0 heterocycles. The standard InChI is InChI=1S/C16H32O/c1-5-6-7-8-9-10-11-12-13-16(14(2)3)15(4)17/h14,16H,5-13H2,1-4H3. The van der Waals surface area contributed by atoms with Crippen molar-refractivity contribution in [3.63, 3.8) is 0 Å². The summed E-state index contributed by atoms with van der Waals surface area (Å²) in [6.45, 7) is 8.33. The maximum atomic E-state index is 11.4. The van der Waals surface area contributed by atoms with Gasteiger partial charge in [0.1, 0.15) is 5.78 Å². The van der Waals surface area contributed by atoms with Gasteiger partial charge in [-0.15, -0.1) is 0 Å². The third-order valence-corrected chi connectivity index (χ3v) is 3.70. The first-order chi connectivity index (χ1) is 8.09. The Kier molecular flexibility index (Phi) is 10.6. The van der Waals surface area contributed by atoms with Crippen molar-refractivity contribution in [1.82, 2.24) is 0 Å². The van der Waals surface area contributed by atoms with Crippen LogP contribution in [0.2, 0.25) is 0 Å². The molecule has 0 aliphatic heterocycles. The fourth-order valence-corrected chi connectivity index (χ4v) is 2.50. The molecule has 0 aliphatic carbocycles. The molecule has 0 rings (SSSR count). The predicted molar refractivity (Wildman–Crippen MR) is 76.2 cm³/mol. The van der Waals surface area contributed by atoms with E-state index in [-0.39, 0.29) is 0 Å². The van der Waals surface area contributed by atoms with Gasteiger partial charge in [-0.25, -0.2) is 0 Å². The number of rotatable bonds is 11. The van der Waals surface area contributed by atoms with Crippen molar-refractivity contribution in [2.24, 2.45) is 11.8 Å². The Bertz CT molecular complexity index is 184. The maximum absolute atomic E-state index is 11.4. The van der Waals surface area contributed by atoms with Gasteiger partial charge in [0.25, 0.3) is 0 Å². The molecule has 1 heteroatoms. The number of Topliss-reactive ketones (excluding diaryl/α,β-unsaturated/α-hetero) is 1. The first kappa shape index (κ1) is 16.7. The molecule has 0 aliphatic rings. The lowest BCUT2D eigenvalue weighted by Gasteiger charge is -2.17. The van der Waals surface area contributed by atoms with E-state index in [1.807, 2.05) is 0 Å². The molecule has 0 aromatic carbocycles. The first-order valence-corrected chi connectivity index (χ1v) is 7.60. The largest absolute Gasteiger partial charge is 0.300 e. The van der Waals surface area contributed by atoms with Crippen molar-refractivity contribution >= 4 is 5.78 Å². The lowest BCUT2D eigenvalue weighted by molar-refractivity contribution is -0.122. The van der Waals surface area contributed by atoms with E-state index < -0.39 is 0 Å². The summed E-state index contributed by atoms with van der Waals surface area (Å²) in [4.78, 5) is 11.4. The second kappa shape index (κ2) is 10.8. The Balaban J connectivity index is 3.40. The van der Waals surface area contributed by atoms with Crippen LogP contribution < -0.4 is 0 Å². The van der Waals surface area contributed by atoms with Crippen molar-refractivity contribution in [1.29, 1.82) is 0 Å². The fourth-order valence-electron chi connectivity index (χ4n) is 2.50. The summed E-state index contributed by atoms with van der Waals surface area (Å²) < 4.78 is 0. The highest BCUT2D eigenvalue weighted by Gasteiger charge is 2.17. The number of carbonyl (C=O) groups is 1. The van der Waals surface area contributed by atoms with Crippen molar-refractivity contribution in [3.8, 4) is 0 Å². The number of carbonyl (C=O) groups excluding carboxylic acids is 1. The summed E-state index contributed by atoms with van der Waals surface area (Å²) in [6.07, 6.45) is 11.9. The van der Waals surface area contributed by atoms with Gasteiger partial charge in [-0.3, -0.25) is 4.79 Å². The van der Waals surface area contributed by atoms with E-state index in [4.69, 9.17) is 0 Å². The van der Waals surface area contributed by atoms with Crippen LogP contribution in [-0.2, 0) is 4.79 Å². The average molecular weight is 240 g/mol. The van der Waals surface area contributed by atoms with E-state index in [0.717, 1.165) is 6.42 Å². The van der Waals surface area contributed by atoms with Crippen LogP contribution in [0.1, 0.15) is 85.5 Å². The average Bonchev–Trinajstić information content (AvgIpc) is 2.26. The second-order valence-electron chi connectivity index (χ2n) is 5.72. The second-order valence-corrected chi connectivity index (χ2v) is 5.72. The predicted octanol–water partition coefficient (Wildman–Crippen LogP) is 5.38. The quantitative estimate of drug-likeness (QED) is 0.443. The number of hydrogen-bond acceptors (Lipinski definition) is 1. The molecule has 0 radical (unpaired) electrons. The Morgan fingerprint density at radius 1 is 0.882 bits per heavy atom. The summed E-state index contributed by atoms with van der Waals surface area (Å²) in [6, 6.07) is 0. The van der Waals surface area contributed by atoms with Gasteiger partial charge in [-0.2, -0.15) is 0 Å². The van der Waals surface area contributed by atoms with E-state index >= 15 is 0 Å². The molecule has 0 amide bonds. The molecule has 1 unspecified atom stereocenters. The van der Waals surface area contributed by atoms with Gasteiger partial charge in [0.05, 0.1) is 0 Å². The molecule has 0 fully saturated rings. The normalized spacial score (nSPS) is 13.0. The summed E-state index contributed by atoms with van der Waals surface area (Å²) >= 11 is 0. The van der Waals surface area contributed by atoms with Crippen molar-refractivity contribution in [2.45, 2.75) is 85.5 Å². The molecule has 17 heavy (non-hydrogen) atoms. The van der Waals surface area contributed by atoms with E-state index in [1.54, 1.807) is 6.92 Å². The zero-order chi connectivity index (χ0) is 13.1. The first-order valence-electron chi connectivity index (χ1n) is 7.60. The van der Waals surface area contributed by atoms with Gasteiger partial charge in [-0.1, -0.05) is 72.1 Å². The Morgan fingerprint density at radius 3 is 1.76 bits per heavy atom. The van der Waals surface area contributed by atoms with E-state index in [9.17, 15) is 4.79 Å². The van der Waals surface area contributed by atoms with Crippen LogP contribution in [0.4, 0.5) is 0 Å². The molecule has 0 saturated heterocycles. The number of hydrogen-bond donors (Lipinski definition) is 0. The van der Waals surface area contributed by atoms with Crippen LogP contribution in [0, 0.1) is 11.8 Å². The molecule has 0 bridgehead atoms. The minimum absolute atomic E-state index is 0.301. The number of unbranched alkanes of at least 4 members (excludes halogenated alkanes) is 7. The lowest BCUT2D eigenvalue weighted by atomic mass is 9.87. The van der Waals surface area contributed by atoms with Gasteiger partial charge in [0.15, 0.2) is 0 Å². The van der Waals surface area contributed by atoms with Crippen LogP contribution in [0.25, 0.3) is 0 Å². The fraction of sp³-hybridized carbons (Fsp3) is 0.938. The topological polar surface area (TPSA) is 17.1 Å². The monoisotopic (exact) mass is 240 g/mol. The molecule has 0 saturated carbocycles. The van der Waals surface area contributed by atoms with Gasteiger partial charge in [0.2, 0.25) is 0 Å². The van der Waals surface area contributed by atoms with Crippen molar-refractivity contribution in [3.05, 3.63) is 0 Å². The summed E-state index contributed by atoms with van der Waals surface area (Å²) in [5, 5.41) is 0. The van der Waals surface area contributed by atoms with Crippen LogP contribution >= 0.6 is 0 Å². The van der Waals surface area contributed by atoms with E-state index in [2.05, 4.69) is 20.8 Å². The lowest BCUT2D eigenvalue weighted by Crippen LogP contribution is -2.17. The third kappa shape index (κ3) is 9.38. The molecule has 0 aromatic heterocycles. The van der Waals surface area contributed by atoms with Crippen molar-refractivity contribution in [2.75, 3.05) is 0 Å². The maximum Gasteiger partial charge on any atom is 0.133 e. The zero-order valence-electron chi connectivity index (χ0n) is 12.4. The molecule has 102 valence electrons. The highest BCUT2D eigenvalue weighted by molar-refractivity contribution is 5.78. The van der Waals surface area contributed by atoms with E-state index in [0.29, 0.717) is 17.6 Å². The summed E-state index contributed by atoms with van der Waals surface area (Å²) in [5.41, 5.74) is 0. The number of ketones is 1. The molecule has 1 atom stereocenters. The molecule has 0 N–H and O–H groups in total. The molecular formula is C16H32O. The highest BCUT2D eigenvalue weighted by atomic mass is 16.1. The van der Waals surface area contributed by atoms with Gasteiger partial charge >= 0.3 is 0 Å². The van der Waals surface area contributed by atoms with Gasteiger partial charge in [-0.05, 0) is 19.3 Å². The minimum atomic E-state index is 0.301. The van der Waals surface area contributed by atoms with Crippen LogP contribution in [0.15, 0.2) is 0 Å². The Hall–Kier alpha value is -0.330.